The van der Waals surface area contributed by atoms with E-state index in [0.717, 1.165) is 15.4 Å². The summed E-state index contributed by atoms with van der Waals surface area (Å²) >= 11 is 7.69. The molecular weight excluding hydrogens is 296 g/mol. The number of aromatic nitrogens is 1. The Kier molecular flexibility index (Phi) is 5.23. The highest BCUT2D eigenvalue weighted by molar-refractivity contribution is 7.11. The molecule has 0 fully saturated rings. The lowest BCUT2D eigenvalue weighted by atomic mass is 10.1. The number of ether oxygens (including phenoxy) is 2. The third kappa shape index (κ3) is 3.62. The predicted octanol–water partition coefficient (Wildman–Crippen LogP) is 3.19. The molecule has 0 bridgehead atoms. The van der Waals surface area contributed by atoms with Crippen LogP contribution in [0.15, 0.2) is 18.3 Å². The predicted molar refractivity (Wildman–Crippen MR) is 81.9 cm³/mol. The van der Waals surface area contributed by atoms with Gasteiger partial charge < -0.3 is 15.2 Å². The standard InChI is InChI=1S/C14H17ClN2O2S/c1-9-17-7-12(20-9)8-19-14-10(3-4-16)5-11(15)6-13(14)18-2/h5-7H,3-4,8,16H2,1-2H3. The smallest absolute Gasteiger partial charge is 0.165 e. The molecule has 2 rings (SSSR count). The van der Waals surface area contributed by atoms with Gasteiger partial charge >= 0.3 is 0 Å². The van der Waals surface area contributed by atoms with Crippen LogP contribution in [0.25, 0.3) is 0 Å². The minimum absolute atomic E-state index is 0.459. The first-order valence-corrected chi connectivity index (χ1v) is 7.44. The zero-order chi connectivity index (χ0) is 14.5. The quantitative estimate of drug-likeness (QED) is 0.890. The molecule has 0 aliphatic heterocycles. The summed E-state index contributed by atoms with van der Waals surface area (Å²) in [5, 5.41) is 1.64. The lowest BCUT2D eigenvalue weighted by Gasteiger charge is -2.15. The molecule has 1 aromatic carbocycles. The molecule has 0 atom stereocenters. The van der Waals surface area contributed by atoms with Gasteiger partial charge in [-0.1, -0.05) is 11.6 Å². The van der Waals surface area contributed by atoms with Crippen molar-refractivity contribution in [1.29, 1.82) is 0 Å². The van der Waals surface area contributed by atoms with Crippen molar-refractivity contribution in [2.45, 2.75) is 20.0 Å². The Hall–Kier alpha value is -1.30. The summed E-state index contributed by atoms with van der Waals surface area (Å²) in [6.45, 7) is 2.96. The third-order valence-electron chi connectivity index (χ3n) is 2.76. The highest BCUT2D eigenvalue weighted by Gasteiger charge is 2.13. The maximum Gasteiger partial charge on any atom is 0.165 e. The summed E-state index contributed by atoms with van der Waals surface area (Å²) in [6.07, 6.45) is 2.51. The van der Waals surface area contributed by atoms with Crippen LogP contribution >= 0.6 is 22.9 Å². The molecule has 0 saturated carbocycles. The zero-order valence-electron chi connectivity index (χ0n) is 11.5. The maximum atomic E-state index is 6.07. The summed E-state index contributed by atoms with van der Waals surface area (Å²) < 4.78 is 11.2. The topological polar surface area (TPSA) is 57.4 Å². The third-order valence-corrected chi connectivity index (χ3v) is 3.86. The summed E-state index contributed by atoms with van der Waals surface area (Å²) in [5.74, 6) is 1.33. The van der Waals surface area contributed by atoms with Crippen LogP contribution in [0.5, 0.6) is 11.5 Å². The molecular formula is C14H17ClN2O2S. The Labute approximate surface area is 127 Å². The second kappa shape index (κ2) is 6.92. The van der Waals surface area contributed by atoms with E-state index in [1.165, 1.54) is 0 Å². The fourth-order valence-electron chi connectivity index (χ4n) is 1.89. The van der Waals surface area contributed by atoms with E-state index in [4.69, 9.17) is 26.8 Å². The first kappa shape index (κ1) is 15.1. The molecule has 4 nitrogen and oxygen atoms in total. The van der Waals surface area contributed by atoms with E-state index in [2.05, 4.69) is 4.98 Å². The molecule has 1 aromatic heterocycles. The summed E-state index contributed by atoms with van der Waals surface area (Å²) in [5.41, 5.74) is 6.59. The normalized spacial score (nSPS) is 10.6. The van der Waals surface area contributed by atoms with Crippen molar-refractivity contribution in [3.63, 3.8) is 0 Å². The Bertz CT molecular complexity index is 587. The van der Waals surface area contributed by atoms with Crippen LogP contribution in [-0.2, 0) is 13.0 Å². The van der Waals surface area contributed by atoms with Gasteiger partial charge in [0.05, 0.1) is 17.0 Å². The summed E-state index contributed by atoms with van der Waals surface area (Å²) in [6, 6.07) is 3.61. The minimum Gasteiger partial charge on any atom is -0.493 e. The van der Waals surface area contributed by atoms with E-state index in [1.807, 2.05) is 19.2 Å². The molecule has 20 heavy (non-hydrogen) atoms. The number of hydrogen-bond acceptors (Lipinski definition) is 5. The summed E-state index contributed by atoms with van der Waals surface area (Å²) in [4.78, 5) is 5.28. The molecule has 0 radical (unpaired) electrons. The number of aryl methyl sites for hydroxylation is 1. The van der Waals surface area contributed by atoms with Crippen molar-refractivity contribution in [1.82, 2.24) is 4.98 Å². The second-order valence-corrected chi connectivity index (χ2v) is 6.02. The van der Waals surface area contributed by atoms with Gasteiger partial charge in [0, 0.05) is 22.8 Å². The zero-order valence-corrected chi connectivity index (χ0v) is 13.1. The van der Waals surface area contributed by atoms with Crippen molar-refractivity contribution in [2.24, 2.45) is 5.73 Å². The lowest BCUT2D eigenvalue weighted by molar-refractivity contribution is 0.284. The van der Waals surface area contributed by atoms with Crippen LogP contribution in [0.1, 0.15) is 15.4 Å². The van der Waals surface area contributed by atoms with E-state index in [1.54, 1.807) is 24.5 Å². The van der Waals surface area contributed by atoms with Gasteiger partial charge in [0.25, 0.3) is 0 Å². The first-order valence-electron chi connectivity index (χ1n) is 6.24. The first-order chi connectivity index (χ1) is 9.63. The van der Waals surface area contributed by atoms with Crippen LogP contribution in [-0.4, -0.2) is 18.6 Å². The van der Waals surface area contributed by atoms with E-state index in [-0.39, 0.29) is 0 Å². The largest absolute Gasteiger partial charge is 0.493 e. The average molecular weight is 313 g/mol. The summed E-state index contributed by atoms with van der Waals surface area (Å²) in [7, 11) is 1.60. The van der Waals surface area contributed by atoms with Gasteiger partial charge in [-0.2, -0.15) is 0 Å². The Morgan fingerprint density at radius 2 is 2.20 bits per heavy atom. The Balaban J connectivity index is 2.23. The van der Waals surface area contributed by atoms with Crippen LogP contribution < -0.4 is 15.2 Å². The molecule has 6 heteroatoms. The van der Waals surface area contributed by atoms with E-state index in [9.17, 15) is 0 Å². The number of benzene rings is 1. The van der Waals surface area contributed by atoms with Crippen molar-refractivity contribution in [3.8, 4) is 11.5 Å². The fraction of sp³-hybridized carbons (Fsp3) is 0.357. The molecule has 0 aliphatic carbocycles. The monoisotopic (exact) mass is 312 g/mol. The van der Waals surface area contributed by atoms with Gasteiger partial charge in [0.1, 0.15) is 6.61 Å². The number of thiazole rings is 1. The van der Waals surface area contributed by atoms with Crippen LogP contribution in [0.3, 0.4) is 0 Å². The van der Waals surface area contributed by atoms with E-state index >= 15 is 0 Å². The Morgan fingerprint density at radius 1 is 1.40 bits per heavy atom. The lowest BCUT2D eigenvalue weighted by Crippen LogP contribution is -2.06. The number of halogens is 1. The van der Waals surface area contributed by atoms with E-state index in [0.29, 0.717) is 36.1 Å². The average Bonchev–Trinajstić information content (AvgIpc) is 2.83. The second-order valence-electron chi connectivity index (χ2n) is 4.27. The molecule has 108 valence electrons. The molecule has 0 saturated heterocycles. The minimum atomic E-state index is 0.459. The van der Waals surface area contributed by atoms with Gasteiger partial charge in [0.15, 0.2) is 11.5 Å². The molecule has 0 unspecified atom stereocenters. The number of methoxy groups -OCH3 is 1. The van der Waals surface area contributed by atoms with Crippen LogP contribution in [0, 0.1) is 6.92 Å². The van der Waals surface area contributed by atoms with Gasteiger partial charge in [-0.25, -0.2) is 4.98 Å². The number of hydrogen-bond donors (Lipinski definition) is 1. The molecule has 2 aromatic rings. The SMILES string of the molecule is COc1cc(Cl)cc(CCN)c1OCc1cnc(C)s1. The van der Waals surface area contributed by atoms with Gasteiger partial charge in [0.2, 0.25) is 0 Å². The molecule has 2 N–H and O–H groups in total. The van der Waals surface area contributed by atoms with E-state index < -0.39 is 0 Å². The van der Waals surface area contributed by atoms with Crippen molar-refractivity contribution < 1.29 is 9.47 Å². The highest BCUT2D eigenvalue weighted by atomic mass is 35.5. The van der Waals surface area contributed by atoms with Crippen molar-refractivity contribution in [3.05, 3.63) is 38.8 Å². The van der Waals surface area contributed by atoms with Crippen molar-refractivity contribution in [2.75, 3.05) is 13.7 Å². The molecule has 0 aliphatic rings. The molecule has 1 heterocycles. The highest BCUT2D eigenvalue weighted by Crippen LogP contribution is 2.35. The number of nitrogens with two attached hydrogens (primary N) is 1. The Morgan fingerprint density at radius 3 is 2.80 bits per heavy atom. The van der Waals surface area contributed by atoms with Crippen LogP contribution in [0.2, 0.25) is 5.02 Å². The van der Waals surface area contributed by atoms with Gasteiger partial charge in [-0.15, -0.1) is 11.3 Å². The van der Waals surface area contributed by atoms with Gasteiger partial charge in [-0.3, -0.25) is 0 Å². The number of rotatable bonds is 6. The maximum absolute atomic E-state index is 6.07. The van der Waals surface area contributed by atoms with Crippen molar-refractivity contribution >= 4 is 22.9 Å². The number of nitrogens with zero attached hydrogens (tertiary/aromatic N) is 1. The van der Waals surface area contributed by atoms with Crippen LogP contribution in [0.4, 0.5) is 0 Å². The molecule has 0 spiro atoms. The fourth-order valence-corrected chi connectivity index (χ4v) is 2.83. The van der Waals surface area contributed by atoms with Gasteiger partial charge in [-0.05, 0) is 26.0 Å². The molecule has 0 amide bonds.